The van der Waals surface area contributed by atoms with E-state index < -0.39 is 37.9 Å². The van der Waals surface area contributed by atoms with Gasteiger partial charge in [0.05, 0.1) is 30.4 Å². The number of aromatic nitrogens is 2. The number of nitrogens with one attached hydrogen (secondary N) is 3. The lowest BCUT2D eigenvalue weighted by atomic mass is 9.87. The van der Waals surface area contributed by atoms with Crippen LogP contribution in [0.5, 0.6) is 0 Å². The van der Waals surface area contributed by atoms with Crippen molar-refractivity contribution < 1.29 is 39.5 Å². The summed E-state index contributed by atoms with van der Waals surface area (Å²) in [5.41, 5.74) is 1.27. The number of nitrogens with zero attached hydrogens (tertiary/aromatic N) is 2. The molecule has 0 aliphatic heterocycles. The van der Waals surface area contributed by atoms with Crippen LogP contribution in [-0.2, 0) is 43.4 Å². The van der Waals surface area contributed by atoms with Crippen molar-refractivity contribution in [2.24, 2.45) is 5.41 Å². The van der Waals surface area contributed by atoms with Crippen LogP contribution in [0.2, 0.25) is 0 Å². The highest BCUT2D eigenvalue weighted by atomic mass is 32.2. The number of carbonyl (C=O) groups excluding carboxylic acids is 1. The molecule has 1 heterocycles. The SMILES string of the molecule is CCC[C@H](NC1CCc2cc(F)cc(F)c2C1)C(=O)Nc1cn(C(C)(C)CNCC(C)(C)C)cn1.CS(=O)(=O)O.CS(=O)(=O)O. The summed E-state index contributed by atoms with van der Waals surface area (Å²) in [6, 6.07) is 1.90. The Hall–Kier alpha value is -2.50. The molecular formula is C29H49F2N5O7S2. The number of rotatable bonds is 10. The van der Waals surface area contributed by atoms with Crippen LogP contribution in [-0.4, -0.2) is 79.1 Å². The fourth-order valence-corrected chi connectivity index (χ4v) is 4.56. The molecule has 2 aromatic rings. The molecule has 16 heteroatoms. The summed E-state index contributed by atoms with van der Waals surface area (Å²) in [7, 11) is -7.33. The number of imidazole rings is 1. The molecular weight excluding hydrogens is 632 g/mol. The maximum absolute atomic E-state index is 14.3. The molecule has 0 saturated heterocycles. The number of fused-ring (bicyclic) bond motifs is 1. The van der Waals surface area contributed by atoms with Crippen molar-refractivity contribution in [3.05, 3.63) is 47.4 Å². The predicted molar refractivity (Wildman–Crippen MR) is 171 cm³/mol. The average molecular weight is 682 g/mol. The zero-order chi connectivity index (χ0) is 34.8. The molecule has 2 atom stereocenters. The van der Waals surface area contributed by atoms with Gasteiger partial charge in [0.1, 0.15) is 11.6 Å². The van der Waals surface area contributed by atoms with E-state index in [4.69, 9.17) is 9.11 Å². The summed E-state index contributed by atoms with van der Waals surface area (Å²) in [4.78, 5) is 17.5. The number of aryl methyl sites for hydroxylation is 1. The van der Waals surface area contributed by atoms with Gasteiger partial charge in [-0.3, -0.25) is 13.9 Å². The van der Waals surface area contributed by atoms with E-state index in [0.717, 1.165) is 37.6 Å². The number of benzene rings is 1. The van der Waals surface area contributed by atoms with Gasteiger partial charge in [0, 0.05) is 31.4 Å². The Morgan fingerprint density at radius 3 is 2.18 bits per heavy atom. The molecule has 1 aromatic heterocycles. The van der Waals surface area contributed by atoms with Crippen molar-refractivity contribution in [1.82, 2.24) is 20.2 Å². The molecule has 0 saturated carbocycles. The molecule has 0 spiro atoms. The first-order valence-electron chi connectivity index (χ1n) is 14.5. The zero-order valence-corrected chi connectivity index (χ0v) is 28.9. The van der Waals surface area contributed by atoms with E-state index in [1.165, 1.54) is 6.07 Å². The predicted octanol–water partition coefficient (Wildman–Crippen LogP) is 3.79. The van der Waals surface area contributed by atoms with Gasteiger partial charge < -0.3 is 20.5 Å². The smallest absolute Gasteiger partial charge is 0.261 e. The van der Waals surface area contributed by atoms with Crippen LogP contribution in [0.4, 0.5) is 14.6 Å². The van der Waals surface area contributed by atoms with Crippen LogP contribution in [0.3, 0.4) is 0 Å². The minimum atomic E-state index is -3.67. The molecule has 3 rings (SSSR count). The van der Waals surface area contributed by atoms with Gasteiger partial charge in [-0.2, -0.15) is 16.8 Å². The van der Waals surface area contributed by atoms with Crippen LogP contribution in [0.15, 0.2) is 24.7 Å². The molecule has 258 valence electrons. The Balaban J connectivity index is 0.000000877. The third-order valence-electron chi connectivity index (χ3n) is 6.54. The van der Waals surface area contributed by atoms with Crippen molar-refractivity contribution in [3.63, 3.8) is 0 Å². The summed E-state index contributed by atoms with van der Waals surface area (Å²) in [6.45, 7) is 14.6. The first-order chi connectivity index (χ1) is 20.4. The normalized spacial score (nSPS) is 16.0. The topological polar surface area (TPSA) is 180 Å². The van der Waals surface area contributed by atoms with E-state index in [9.17, 15) is 30.4 Å². The average Bonchev–Trinajstić information content (AvgIpc) is 3.30. The minimum absolute atomic E-state index is 0.0462. The van der Waals surface area contributed by atoms with Crippen LogP contribution in [0.25, 0.3) is 0 Å². The molecule has 1 amide bonds. The lowest BCUT2D eigenvalue weighted by molar-refractivity contribution is -0.118. The fourth-order valence-electron chi connectivity index (χ4n) is 4.56. The standard InChI is InChI=1S/C27H41F2N5O.2CH4O3S/c1-7-8-23(32-20-10-9-18-11-19(28)12-22(29)21(18)13-20)25(35)33-24-14-34(17-31-24)27(5,6)16-30-15-26(2,3)4;2*1-5(2,3)4/h11-12,14,17,20,23,30,32H,7-10,13,15-16H2,1-6H3,(H,33,35);2*1H3,(H,2,3,4)/t20?,23-;;/m0../s1. The monoisotopic (exact) mass is 681 g/mol. The van der Waals surface area contributed by atoms with Crippen molar-refractivity contribution in [1.29, 1.82) is 0 Å². The van der Waals surface area contributed by atoms with E-state index in [1.54, 1.807) is 6.33 Å². The Labute approximate surface area is 266 Å². The highest BCUT2D eigenvalue weighted by molar-refractivity contribution is 7.85. The molecule has 12 nitrogen and oxygen atoms in total. The summed E-state index contributed by atoms with van der Waals surface area (Å²) < 4.78 is 81.6. The minimum Gasteiger partial charge on any atom is -0.328 e. The Kier molecular flexibility index (Phi) is 15.2. The number of carbonyl (C=O) groups is 1. The van der Waals surface area contributed by atoms with Gasteiger partial charge in [-0.05, 0) is 62.1 Å². The van der Waals surface area contributed by atoms with Gasteiger partial charge in [0.25, 0.3) is 20.2 Å². The number of hydrogen-bond donors (Lipinski definition) is 5. The van der Waals surface area contributed by atoms with Crippen LogP contribution < -0.4 is 16.0 Å². The van der Waals surface area contributed by atoms with E-state index in [1.807, 2.05) is 17.7 Å². The van der Waals surface area contributed by atoms with Crippen molar-refractivity contribution in [2.75, 3.05) is 30.9 Å². The quantitative estimate of drug-likeness (QED) is 0.232. The van der Waals surface area contributed by atoms with Gasteiger partial charge in [0.15, 0.2) is 5.82 Å². The lowest BCUT2D eigenvalue weighted by Crippen LogP contribution is -2.48. The maximum Gasteiger partial charge on any atom is 0.261 e. The van der Waals surface area contributed by atoms with Crippen LogP contribution >= 0.6 is 0 Å². The number of halogens is 2. The van der Waals surface area contributed by atoms with Gasteiger partial charge in [-0.1, -0.05) is 34.1 Å². The number of amides is 1. The van der Waals surface area contributed by atoms with E-state index in [2.05, 4.69) is 55.6 Å². The summed E-state index contributed by atoms with van der Waals surface area (Å²) in [5.74, 6) is -0.680. The van der Waals surface area contributed by atoms with Gasteiger partial charge in [-0.15, -0.1) is 0 Å². The van der Waals surface area contributed by atoms with Gasteiger partial charge in [-0.25, -0.2) is 13.8 Å². The molecule has 0 bridgehead atoms. The maximum atomic E-state index is 14.3. The fraction of sp³-hybridized carbons (Fsp3) is 0.655. The molecule has 1 aliphatic rings. The first-order valence-corrected chi connectivity index (χ1v) is 18.2. The van der Waals surface area contributed by atoms with Crippen molar-refractivity contribution in [3.8, 4) is 0 Å². The number of hydrogen-bond acceptors (Lipinski definition) is 8. The lowest BCUT2D eigenvalue weighted by Gasteiger charge is -2.30. The molecule has 1 aromatic carbocycles. The zero-order valence-electron chi connectivity index (χ0n) is 27.3. The second kappa shape index (κ2) is 16.9. The van der Waals surface area contributed by atoms with Crippen LogP contribution in [0, 0.1) is 17.0 Å². The van der Waals surface area contributed by atoms with Gasteiger partial charge in [0.2, 0.25) is 5.91 Å². The largest absolute Gasteiger partial charge is 0.328 e. The molecule has 0 fully saturated rings. The summed E-state index contributed by atoms with van der Waals surface area (Å²) >= 11 is 0. The van der Waals surface area contributed by atoms with E-state index in [0.29, 0.717) is 43.2 Å². The summed E-state index contributed by atoms with van der Waals surface area (Å²) in [6.07, 6.45) is 8.29. The molecule has 1 aliphatic carbocycles. The second-order valence-electron chi connectivity index (χ2n) is 13.1. The molecule has 1 unspecified atom stereocenters. The van der Waals surface area contributed by atoms with Crippen LogP contribution in [0.1, 0.15) is 71.9 Å². The molecule has 0 radical (unpaired) electrons. The highest BCUT2D eigenvalue weighted by Gasteiger charge is 2.28. The third-order valence-corrected chi connectivity index (χ3v) is 6.54. The first kappa shape index (κ1) is 40.5. The van der Waals surface area contributed by atoms with Gasteiger partial charge >= 0.3 is 0 Å². The highest BCUT2D eigenvalue weighted by Crippen LogP contribution is 2.26. The number of anilines is 1. The Morgan fingerprint density at radius 2 is 1.64 bits per heavy atom. The van der Waals surface area contributed by atoms with E-state index >= 15 is 0 Å². The van der Waals surface area contributed by atoms with E-state index in [-0.39, 0.29) is 22.9 Å². The summed E-state index contributed by atoms with van der Waals surface area (Å²) in [5, 5.41) is 9.89. The molecule has 5 N–H and O–H groups in total. The molecule has 45 heavy (non-hydrogen) atoms. The van der Waals surface area contributed by atoms with Crippen molar-refractivity contribution in [2.45, 2.75) is 91.3 Å². The Morgan fingerprint density at radius 1 is 1.07 bits per heavy atom. The Bertz CT molecular complexity index is 1430. The second-order valence-corrected chi connectivity index (χ2v) is 16.0. The third kappa shape index (κ3) is 17.7. The van der Waals surface area contributed by atoms with Crippen molar-refractivity contribution >= 4 is 32.0 Å².